The minimum atomic E-state index is -0.304. The fourth-order valence-electron chi connectivity index (χ4n) is 1.45. The van der Waals surface area contributed by atoms with E-state index in [1.807, 2.05) is 0 Å². The second-order valence-corrected chi connectivity index (χ2v) is 3.49. The summed E-state index contributed by atoms with van der Waals surface area (Å²) in [5, 5.41) is 0. The summed E-state index contributed by atoms with van der Waals surface area (Å²) in [5.41, 5.74) is 0.537. The molecule has 0 saturated heterocycles. The molecule has 2 rings (SSSR count). The van der Waals surface area contributed by atoms with E-state index in [2.05, 4.69) is 15.0 Å². The van der Waals surface area contributed by atoms with Gasteiger partial charge in [-0.2, -0.15) is 4.98 Å². The predicted molar refractivity (Wildman–Crippen MR) is 61.8 cm³/mol. The summed E-state index contributed by atoms with van der Waals surface area (Å²) in [7, 11) is 4.61. The molecule has 0 radical (unpaired) electrons. The van der Waals surface area contributed by atoms with Crippen LogP contribution < -0.4 is 9.47 Å². The standard InChI is InChI=1S/C11H12N4O3/c1-15-6-12-4-7(15)10(16)9-11(18-3)14-8(17-2)5-13-9/h4-6H,1-3H3. The lowest BCUT2D eigenvalue weighted by atomic mass is 10.2. The molecule has 2 aromatic rings. The quantitative estimate of drug-likeness (QED) is 0.731. The third-order valence-corrected chi connectivity index (χ3v) is 2.39. The Morgan fingerprint density at radius 3 is 2.61 bits per heavy atom. The molecule has 0 saturated carbocycles. The minimum absolute atomic E-state index is 0.126. The van der Waals surface area contributed by atoms with Crippen LogP contribution in [0.25, 0.3) is 0 Å². The number of hydrogen-bond acceptors (Lipinski definition) is 6. The van der Waals surface area contributed by atoms with E-state index in [-0.39, 0.29) is 23.2 Å². The molecule has 2 aromatic heterocycles. The van der Waals surface area contributed by atoms with Gasteiger partial charge in [0.2, 0.25) is 17.5 Å². The van der Waals surface area contributed by atoms with E-state index >= 15 is 0 Å². The van der Waals surface area contributed by atoms with Gasteiger partial charge < -0.3 is 14.0 Å². The number of rotatable bonds is 4. The highest BCUT2D eigenvalue weighted by Gasteiger charge is 2.20. The SMILES string of the molecule is COc1cnc(C(=O)c2cncn2C)c(OC)n1. The van der Waals surface area contributed by atoms with Crippen molar-refractivity contribution in [3.05, 3.63) is 30.1 Å². The average Bonchev–Trinajstić information content (AvgIpc) is 2.83. The van der Waals surface area contributed by atoms with E-state index in [1.54, 1.807) is 11.6 Å². The van der Waals surface area contributed by atoms with Crippen LogP contribution in [0, 0.1) is 0 Å². The Labute approximate surface area is 103 Å². The summed E-state index contributed by atoms with van der Waals surface area (Å²) in [6, 6.07) is 0. The first-order valence-corrected chi connectivity index (χ1v) is 5.13. The molecule has 0 fully saturated rings. The van der Waals surface area contributed by atoms with Crippen molar-refractivity contribution in [1.29, 1.82) is 0 Å². The molecule has 0 aromatic carbocycles. The van der Waals surface area contributed by atoms with E-state index in [0.29, 0.717) is 5.69 Å². The highest BCUT2D eigenvalue weighted by Crippen LogP contribution is 2.19. The first-order chi connectivity index (χ1) is 8.67. The number of carbonyl (C=O) groups excluding carboxylic acids is 1. The maximum atomic E-state index is 12.2. The number of methoxy groups -OCH3 is 2. The Morgan fingerprint density at radius 2 is 2.06 bits per heavy atom. The number of nitrogens with zero attached hydrogens (tertiary/aromatic N) is 4. The zero-order valence-electron chi connectivity index (χ0n) is 10.2. The number of hydrogen-bond donors (Lipinski definition) is 0. The molecule has 0 spiro atoms. The molecule has 94 valence electrons. The third kappa shape index (κ3) is 2.02. The molecule has 7 nitrogen and oxygen atoms in total. The van der Waals surface area contributed by atoms with Crippen LogP contribution in [0.1, 0.15) is 16.2 Å². The minimum Gasteiger partial charge on any atom is -0.480 e. The van der Waals surface area contributed by atoms with Crippen molar-refractivity contribution < 1.29 is 14.3 Å². The fourth-order valence-corrected chi connectivity index (χ4v) is 1.45. The van der Waals surface area contributed by atoms with Crippen molar-refractivity contribution in [2.24, 2.45) is 7.05 Å². The number of aryl methyl sites for hydroxylation is 1. The van der Waals surface area contributed by atoms with E-state index in [0.717, 1.165) is 0 Å². The van der Waals surface area contributed by atoms with Gasteiger partial charge in [0.05, 0.1) is 32.9 Å². The second-order valence-electron chi connectivity index (χ2n) is 3.49. The van der Waals surface area contributed by atoms with Gasteiger partial charge in [0.1, 0.15) is 5.69 Å². The molecule has 0 amide bonds. The van der Waals surface area contributed by atoms with Crippen LogP contribution in [0.2, 0.25) is 0 Å². The first kappa shape index (κ1) is 12.0. The van der Waals surface area contributed by atoms with Crippen molar-refractivity contribution in [2.45, 2.75) is 0 Å². The van der Waals surface area contributed by atoms with Crippen molar-refractivity contribution in [3.63, 3.8) is 0 Å². The maximum absolute atomic E-state index is 12.2. The summed E-state index contributed by atoms with van der Waals surface area (Å²) >= 11 is 0. The lowest BCUT2D eigenvalue weighted by Crippen LogP contribution is -2.11. The molecular formula is C11H12N4O3. The van der Waals surface area contributed by atoms with Gasteiger partial charge in [-0.05, 0) is 0 Å². The van der Waals surface area contributed by atoms with Crippen LogP contribution in [-0.4, -0.2) is 39.5 Å². The Morgan fingerprint density at radius 1 is 1.28 bits per heavy atom. The molecular weight excluding hydrogens is 236 g/mol. The van der Waals surface area contributed by atoms with Crippen LogP contribution in [0.5, 0.6) is 11.8 Å². The van der Waals surface area contributed by atoms with Gasteiger partial charge >= 0.3 is 0 Å². The summed E-state index contributed by atoms with van der Waals surface area (Å²) in [5.74, 6) is 0.107. The molecule has 0 bridgehead atoms. The number of imidazole rings is 1. The smallest absolute Gasteiger partial charge is 0.247 e. The Hall–Kier alpha value is -2.44. The monoisotopic (exact) mass is 248 g/mol. The Kier molecular flexibility index (Phi) is 3.22. The van der Waals surface area contributed by atoms with Crippen LogP contribution in [0.3, 0.4) is 0 Å². The highest BCUT2D eigenvalue weighted by molar-refractivity contribution is 6.07. The molecule has 18 heavy (non-hydrogen) atoms. The maximum Gasteiger partial charge on any atom is 0.247 e. The molecule has 0 aliphatic heterocycles. The van der Waals surface area contributed by atoms with E-state index < -0.39 is 0 Å². The van der Waals surface area contributed by atoms with Crippen LogP contribution in [0.4, 0.5) is 0 Å². The van der Waals surface area contributed by atoms with Crippen molar-refractivity contribution in [2.75, 3.05) is 14.2 Å². The van der Waals surface area contributed by atoms with Gasteiger partial charge in [0.15, 0.2) is 5.69 Å². The number of aromatic nitrogens is 4. The summed E-state index contributed by atoms with van der Waals surface area (Å²) < 4.78 is 11.6. The normalized spacial score (nSPS) is 10.2. The average molecular weight is 248 g/mol. The summed E-state index contributed by atoms with van der Waals surface area (Å²) in [6.45, 7) is 0. The molecule has 2 heterocycles. The first-order valence-electron chi connectivity index (χ1n) is 5.13. The van der Waals surface area contributed by atoms with Gasteiger partial charge in [-0.3, -0.25) is 4.79 Å². The Balaban J connectivity index is 2.45. The molecule has 0 N–H and O–H groups in total. The topological polar surface area (TPSA) is 79.1 Å². The van der Waals surface area contributed by atoms with Crippen molar-refractivity contribution in [3.8, 4) is 11.8 Å². The zero-order valence-corrected chi connectivity index (χ0v) is 10.2. The van der Waals surface area contributed by atoms with Gasteiger partial charge in [0, 0.05) is 7.05 Å². The predicted octanol–water partition coefficient (Wildman–Crippen LogP) is 0.458. The lowest BCUT2D eigenvalue weighted by Gasteiger charge is -2.07. The largest absolute Gasteiger partial charge is 0.480 e. The van der Waals surface area contributed by atoms with Gasteiger partial charge in [-0.1, -0.05) is 0 Å². The molecule has 0 atom stereocenters. The van der Waals surface area contributed by atoms with E-state index in [1.165, 1.54) is 32.9 Å². The van der Waals surface area contributed by atoms with Gasteiger partial charge in [0.25, 0.3) is 0 Å². The van der Waals surface area contributed by atoms with Crippen LogP contribution >= 0.6 is 0 Å². The summed E-state index contributed by atoms with van der Waals surface area (Å²) in [4.78, 5) is 24.1. The number of carbonyl (C=O) groups is 1. The zero-order chi connectivity index (χ0) is 13.1. The second kappa shape index (κ2) is 4.82. The van der Waals surface area contributed by atoms with Gasteiger partial charge in [-0.25, -0.2) is 9.97 Å². The Bertz CT molecular complexity index is 579. The van der Waals surface area contributed by atoms with E-state index in [4.69, 9.17) is 9.47 Å². The molecule has 0 unspecified atom stereocenters. The summed E-state index contributed by atoms with van der Waals surface area (Å²) in [6.07, 6.45) is 4.37. The van der Waals surface area contributed by atoms with Crippen LogP contribution in [-0.2, 0) is 7.05 Å². The van der Waals surface area contributed by atoms with Gasteiger partial charge in [-0.15, -0.1) is 0 Å². The fraction of sp³-hybridized carbons (Fsp3) is 0.273. The highest BCUT2D eigenvalue weighted by atomic mass is 16.5. The third-order valence-electron chi connectivity index (χ3n) is 2.39. The van der Waals surface area contributed by atoms with Crippen molar-refractivity contribution in [1.82, 2.24) is 19.5 Å². The van der Waals surface area contributed by atoms with Crippen LogP contribution in [0.15, 0.2) is 18.7 Å². The molecule has 0 aliphatic rings. The number of ether oxygens (including phenoxy) is 2. The van der Waals surface area contributed by atoms with E-state index in [9.17, 15) is 4.79 Å². The number of ketones is 1. The lowest BCUT2D eigenvalue weighted by molar-refractivity contribution is 0.102. The molecule has 0 aliphatic carbocycles. The molecule has 7 heteroatoms. The van der Waals surface area contributed by atoms with Crippen molar-refractivity contribution >= 4 is 5.78 Å².